The molecule has 2 amide bonds. The molecule has 0 radical (unpaired) electrons. The van der Waals surface area contributed by atoms with Crippen LogP contribution in [-0.2, 0) is 14.8 Å². The first-order valence-corrected chi connectivity index (χ1v) is 10.7. The lowest BCUT2D eigenvalue weighted by Gasteiger charge is -2.32. The maximum Gasteiger partial charge on any atom is 0.251 e. The van der Waals surface area contributed by atoms with Crippen LogP contribution in [0.4, 0.5) is 5.69 Å². The number of amides is 2. The van der Waals surface area contributed by atoms with E-state index in [4.69, 9.17) is 0 Å². The second kappa shape index (κ2) is 7.75. The fraction of sp³-hybridized carbons (Fsp3) is 0.556. The van der Waals surface area contributed by atoms with E-state index in [0.29, 0.717) is 12.1 Å². The summed E-state index contributed by atoms with van der Waals surface area (Å²) in [5.41, 5.74) is 0.731. The van der Waals surface area contributed by atoms with Crippen molar-refractivity contribution in [2.45, 2.75) is 38.6 Å². The van der Waals surface area contributed by atoms with Crippen molar-refractivity contribution in [3.05, 3.63) is 29.8 Å². The molecule has 142 valence electrons. The Kier molecular flexibility index (Phi) is 5.62. The fourth-order valence-corrected chi connectivity index (χ4v) is 4.91. The van der Waals surface area contributed by atoms with Crippen LogP contribution < -0.4 is 9.62 Å². The third-order valence-corrected chi connectivity index (χ3v) is 6.71. The van der Waals surface area contributed by atoms with Gasteiger partial charge in [-0.25, -0.2) is 12.7 Å². The van der Waals surface area contributed by atoms with E-state index in [0.717, 1.165) is 17.4 Å². The molecule has 2 aliphatic rings. The van der Waals surface area contributed by atoms with E-state index >= 15 is 0 Å². The molecule has 3 rings (SSSR count). The number of piperidine rings is 1. The molecule has 7 nitrogen and oxygen atoms in total. The first-order chi connectivity index (χ1) is 12.4. The lowest BCUT2D eigenvalue weighted by Crippen LogP contribution is -2.44. The third kappa shape index (κ3) is 4.07. The second-order valence-corrected chi connectivity index (χ2v) is 8.86. The molecular weight excluding hydrogens is 354 g/mol. The molecule has 0 spiro atoms. The third-order valence-electron chi connectivity index (χ3n) is 5.01. The van der Waals surface area contributed by atoms with Crippen molar-refractivity contribution in [3.8, 4) is 0 Å². The van der Waals surface area contributed by atoms with Gasteiger partial charge < -0.3 is 5.32 Å². The van der Waals surface area contributed by atoms with Crippen molar-refractivity contribution >= 4 is 27.5 Å². The molecule has 0 saturated carbocycles. The Labute approximate surface area is 154 Å². The molecule has 1 aromatic rings. The number of sulfonamides is 1. The van der Waals surface area contributed by atoms with Crippen molar-refractivity contribution in [3.63, 3.8) is 0 Å². The highest BCUT2D eigenvalue weighted by molar-refractivity contribution is 7.94. The molecule has 1 N–H and O–H groups in total. The number of nitrogens with one attached hydrogen (secondary N) is 1. The zero-order chi connectivity index (χ0) is 18.7. The summed E-state index contributed by atoms with van der Waals surface area (Å²) in [5.74, 6) is -0.795. The van der Waals surface area contributed by atoms with Crippen LogP contribution in [0.5, 0.6) is 0 Å². The van der Waals surface area contributed by atoms with Gasteiger partial charge in [-0.05, 0) is 57.1 Å². The highest BCUT2D eigenvalue weighted by Gasteiger charge is 2.36. The van der Waals surface area contributed by atoms with E-state index < -0.39 is 15.9 Å². The summed E-state index contributed by atoms with van der Waals surface area (Å²) in [6.45, 7) is 4.83. The molecule has 2 heterocycles. The number of hydrogen-bond donors (Lipinski definition) is 1. The number of carbonyl (C=O) groups is 2. The van der Waals surface area contributed by atoms with Crippen LogP contribution in [-0.4, -0.2) is 56.6 Å². The largest absolute Gasteiger partial charge is 0.350 e. The van der Waals surface area contributed by atoms with Crippen LogP contribution in [0.2, 0.25) is 0 Å². The van der Waals surface area contributed by atoms with E-state index in [1.807, 2.05) is 0 Å². The molecule has 2 aliphatic heterocycles. The van der Waals surface area contributed by atoms with Crippen molar-refractivity contribution in [2.24, 2.45) is 0 Å². The van der Waals surface area contributed by atoms with E-state index in [1.54, 1.807) is 12.1 Å². The molecule has 1 unspecified atom stereocenters. The standard InChI is InChI=1S/C18H25N3O4S/c1-14(20-10-3-2-4-11-20)13-19-18(23)15-5-7-16(8-6-15)21-17(22)9-12-26(21,24)25/h5-8,14H,2-4,9-13H2,1H3,(H,19,23). The maximum absolute atomic E-state index is 12.3. The predicted molar refractivity (Wildman–Crippen MR) is 99.6 cm³/mol. The van der Waals surface area contributed by atoms with Gasteiger partial charge in [-0.15, -0.1) is 0 Å². The fourth-order valence-electron chi connectivity index (χ4n) is 3.45. The van der Waals surface area contributed by atoms with Gasteiger partial charge in [0, 0.05) is 24.6 Å². The average Bonchev–Trinajstić information content (AvgIpc) is 2.93. The molecule has 2 fully saturated rings. The normalized spacial score (nSPS) is 21.6. The van der Waals surface area contributed by atoms with Crippen molar-refractivity contribution in [1.29, 1.82) is 0 Å². The van der Waals surface area contributed by atoms with Gasteiger partial charge >= 0.3 is 0 Å². The Morgan fingerprint density at radius 3 is 2.38 bits per heavy atom. The molecule has 0 aromatic heterocycles. The minimum absolute atomic E-state index is 0.00103. The first-order valence-electron chi connectivity index (χ1n) is 9.06. The molecule has 8 heteroatoms. The van der Waals surface area contributed by atoms with Gasteiger partial charge in [-0.2, -0.15) is 0 Å². The van der Waals surface area contributed by atoms with Gasteiger partial charge in [0.05, 0.1) is 11.4 Å². The van der Waals surface area contributed by atoms with Gasteiger partial charge in [-0.3, -0.25) is 14.5 Å². The number of hydrogen-bond acceptors (Lipinski definition) is 5. The number of anilines is 1. The predicted octanol–water partition coefficient (Wildman–Crippen LogP) is 1.36. The molecule has 0 bridgehead atoms. The summed E-state index contributed by atoms with van der Waals surface area (Å²) in [6, 6.07) is 6.40. The van der Waals surface area contributed by atoms with Crippen LogP contribution >= 0.6 is 0 Å². The van der Waals surface area contributed by atoms with E-state index in [1.165, 1.54) is 31.4 Å². The summed E-state index contributed by atoms with van der Waals surface area (Å²) in [5, 5.41) is 2.93. The van der Waals surface area contributed by atoms with E-state index in [9.17, 15) is 18.0 Å². The quantitative estimate of drug-likeness (QED) is 0.835. The number of rotatable bonds is 5. The minimum Gasteiger partial charge on any atom is -0.350 e. The summed E-state index contributed by atoms with van der Waals surface area (Å²) >= 11 is 0. The summed E-state index contributed by atoms with van der Waals surface area (Å²) < 4.78 is 24.7. The summed E-state index contributed by atoms with van der Waals surface area (Å²) in [7, 11) is -3.58. The summed E-state index contributed by atoms with van der Waals surface area (Å²) in [6.07, 6.45) is 3.69. The number of nitrogens with zero attached hydrogens (tertiary/aromatic N) is 2. The van der Waals surface area contributed by atoms with Gasteiger partial charge in [-0.1, -0.05) is 6.42 Å². The highest BCUT2D eigenvalue weighted by atomic mass is 32.2. The minimum atomic E-state index is -3.58. The van der Waals surface area contributed by atoms with Gasteiger partial charge in [0.25, 0.3) is 5.91 Å². The monoisotopic (exact) mass is 379 g/mol. The maximum atomic E-state index is 12.3. The Balaban J connectivity index is 1.59. The zero-order valence-corrected chi connectivity index (χ0v) is 15.8. The van der Waals surface area contributed by atoms with Crippen LogP contribution in [0.3, 0.4) is 0 Å². The molecule has 1 aromatic carbocycles. The van der Waals surface area contributed by atoms with E-state index in [2.05, 4.69) is 17.1 Å². The average molecular weight is 379 g/mol. The van der Waals surface area contributed by atoms with Crippen LogP contribution in [0.25, 0.3) is 0 Å². The first kappa shape index (κ1) is 18.8. The highest BCUT2D eigenvalue weighted by Crippen LogP contribution is 2.25. The van der Waals surface area contributed by atoms with Gasteiger partial charge in [0.1, 0.15) is 0 Å². The van der Waals surface area contributed by atoms with Crippen molar-refractivity contribution in [2.75, 3.05) is 29.7 Å². The Bertz CT molecular complexity index is 770. The topological polar surface area (TPSA) is 86.8 Å². The molecule has 0 aliphatic carbocycles. The number of carbonyl (C=O) groups excluding carboxylic acids is 2. The molecular formula is C18H25N3O4S. The Hall–Kier alpha value is -1.93. The number of likely N-dealkylation sites (tertiary alicyclic amines) is 1. The number of benzene rings is 1. The molecule has 1 atom stereocenters. The summed E-state index contributed by atoms with van der Waals surface area (Å²) in [4.78, 5) is 26.5. The van der Waals surface area contributed by atoms with Crippen LogP contribution in [0.1, 0.15) is 43.0 Å². The molecule has 2 saturated heterocycles. The van der Waals surface area contributed by atoms with Crippen molar-refractivity contribution in [1.82, 2.24) is 10.2 Å². The smallest absolute Gasteiger partial charge is 0.251 e. The van der Waals surface area contributed by atoms with E-state index in [-0.39, 0.29) is 29.8 Å². The molecule has 26 heavy (non-hydrogen) atoms. The van der Waals surface area contributed by atoms with Crippen LogP contribution in [0, 0.1) is 0 Å². The van der Waals surface area contributed by atoms with Crippen LogP contribution in [0.15, 0.2) is 24.3 Å². The Morgan fingerprint density at radius 2 is 1.81 bits per heavy atom. The van der Waals surface area contributed by atoms with Crippen molar-refractivity contribution < 1.29 is 18.0 Å². The van der Waals surface area contributed by atoms with Gasteiger partial charge in [0.15, 0.2) is 0 Å². The lowest BCUT2D eigenvalue weighted by atomic mass is 10.1. The Morgan fingerprint density at radius 1 is 1.15 bits per heavy atom. The van der Waals surface area contributed by atoms with Gasteiger partial charge in [0.2, 0.25) is 15.9 Å². The zero-order valence-electron chi connectivity index (χ0n) is 15.0. The SMILES string of the molecule is CC(CNC(=O)c1ccc(N2C(=O)CCS2(=O)=O)cc1)N1CCCCC1. The second-order valence-electron chi connectivity index (χ2n) is 6.93. The lowest BCUT2D eigenvalue weighted by molar-refractivity contribution is -0.116.